The number of rotatable bonds is 2. The maximum absolute atomic E-state index is 9.22. The Kier molecular flexibility index (Phi) is 3.87. The van der Waals surface area contributed by atoms with E-state index in [0.29, 0.717) is 11.1 Å². The number of nitriles is 2. The van der Waals surface area contributed by atoms with Gasteiger partial charge in [-0.05, 0) is 79.8 Å². The monoisotopic (exact) mass is 406 g/mol. The molecule has 4 heteroatoms. The highest BCUT2D eigenvalue weighted by molar-refractivity contribution is 6.24. The summed E-state index contributed by atoms with van der Waals surface area (Å²) in [6.45, 7) is 0. The van der Waals surface area contributed by atoms with Crippen molar-refractivity contribution >= 4 is 32.3 Å². The Labute approximate surface area is 184 Å². The van der Waals surface area contributed by atoms with Crippen molar-refractivity contribution in [1.29, 1.82) is 10.5 Å². The molecule has 6 rings (SSSR count). The topological polar surface area (TPSA) is 73.4 Å². The van der Waals surface area contributed by atoms with Crippen LogP contribution in [0.4, 0.5) is 0 Å². The fraction of sp³-hybridized carbons (Fsp3) is 0. The van der Waals surface area contributed by atoms with Gasteiger partial charge in [-0.1, -0.05) is 24.3 Å². The molecule has 0 saturated carbocycles. The number of hydrogen-bond acceptors (Lipinski definition) is 4. The van der Waals surface area contributed by atoms with Crippen LogP contribution in [0, 0.1) is 22.7 Å². The van der Waals surface area contributed by atoms with E-state index in [4.69, 9.17) is 0 Å². The van der Waals surface area contributed by atoms with Gasteiger partial charge in [-0.25, -0.2) is 0 Å². The van der Waals surface area contributed by atoms with Crippen LogP contribution in [0.25, 0.3) is 54.6 Å². The molecule has 0 aliphatic carbocycles. The largest absolute Gasteiger partial charge is 0.263 e. The molecule has 4 aromatic carbocycles. The summed E-state index contributed by atoms with van der Waals surface area (Å²) in [5, 5.41) is 25.5. The summed E-state index contributed by atoms with van der Waals surface area (Å²) in [6, 6.07) is 25.3. The maximum atomic E-state index is 9.22. The summed E-state index contributed by atoms with van der Waals surface area (Å²) >= 11 is 0. The Balaban J connectivity index is 1.59. The van der Waals surface area contributed by atoms with Crippen LogP contribution >= 0.6 is 0 Å². The lowest BCUT2D eigenvalue weighted by Crippen LogP contribution is -1.89. The molecule has 0 amide bonds. The lowest BCUT2D eigenvalue weighted by molar-refractivity contribution is 1.30. The zero-order chi connectivity index (χ0) is 21.7. The second-order valence-corrected chi connectivity index (χ2v) is 7.87. The Morgan fingerprint density at radius 2 is 0.844 bits per heavy atom. The van der Waals surface area contributed by atoms with E-state index in [-0.39, 0.29) is 0 Å². The molecule has 0 fully saturated rings. The molecule has 146 valence electrons. The van der Waals surface area contributed by atoms with Crippen LogP contribution in [-0.4, -0.2) is 9.97 Å². The van der Waals surface area contributed by atoms with Crippen molar-refractivity contribution in [2.24, 2.45) is 0 Å². The van der Waals surface area contributed by atoms with Crippen molar-refractivity contribution in [1.82, 2.24) is 9.97 Å². The number of hydrogen-bond donors (Lipinski definition) is 0. The molecule has 0 radical (unpaired) electrons. The van der Waals surface area contributed by atoms with Gasteiger partial charge in [-0.15, -0.1) is 0 Å². The predicted octanol–water partition coefficient (Wildman–Crippen LogP) is 6.45. The van der Waals surface area contributed by atoms with Crippen LogP contribution in [0.3, 0.4) is 0 Å². The van der Waals surface area contributed by atoms with Gasteiger partial charge in [-0.2, -0.15) is 10.5 Å². The van der Waals surface area contributed by atoms with Gasteiger partial charge < -0.3 is 0 Å². The Bertz CT molecular complexity index is 1560. The number of benzene rings is 4. The van der Waals surface area contributed by atoms with Crippen LogP contribution in [0.2, 0.25) is 0 Å². The van der Waals surface area contributed by atoms with Crippen molar-refractivity contribution in [3.05, 3.63) is 96.6 Å². The minimum absolute atomic E-state index is 0.551. The molecule has 32 heavy (non-hydrogen) atoms. The van der Waals surface area contributed by atoms with E-state index in [1.54, 1.807) is 24.8 Å². The molecule has 0 saturated heterocycles. The van der Waals surface area contributed by atoms with Crippen molar-refractivity contribution in [3.8, 4) is 34.4 Å². The first kappa shape index (κ1) is 18.0. The van der Waals surface area contributed by atoms with Gasteiger partial charge in [-0.3, -0.25) is 9.97 Å². The number of pyridine rings is 2. The highest BCUT2D eigenvalue weighted by atomic mass is 14.6. The average molecular weight is 406 g/mol. The minimum Gasteiger partial charge on any atom is -0.263 e. The van der Waals surface area contributed by atoms with E-state index in [2.05, 4.69) is 70.6 Å². The molecule has 0 bridgehead atoms. The van der Waals surface area contributed by atoms with Crippen molar-refractivity contribution < 1.29 is 0 Å². The van der Waals surface area contributed by atoms with Crippen LogP contribution in [0.15, 0.2) is 85.5 Å². The normalized spacial score (nSPS) is 11.1. The standard InChI is InChI=1S/C28H14N4/c29-11-17-5-25(15-31-13-17)23-7-19-1-2-20-8-24(26-6-18(12-30)14-32-16-26)10-22-4-3-21(9-23)27(19)28(20)22/h1-10,13-16H. The minimum atomic E-state index is 0.551. The Hall–Kier alpha value is -4.80. The fourth-order valence-corrected chi connectivity index (χ4v) is 4.49. The third-order valence-electron chi connectivity index (χ3n) is 5.93. The zero-order valence-corrected chi connectivity index (χ0v) is 16.9. The first-order chi connectivity index (χ1) is 15.7. The van der Waals surface area contributed by atoms with Crippen LogP contribution < -0.4 is 0 Å². The van der Waals surface area contributed by atoms with Gasteiger partial charge in [0.1, 0.15) is 12.1 Å². The molecule has 0 atom stereocenters. The maximum Gasteiger partial charge on any atom is 0.101 e. The van der Waals surface area contributed by atoms with E-state index in [9.17, 15) is 10.5 Å². The van der Waals surface area contributed by atoms with Gasteiger partial charge in [0.25, 0.3) is 0 Å². The van der Waals surface area contributed by atoms with Crippen LogP contribution in [0.1, 0.15) is 11.1 Å². The second kappa shape index (κ2) is 6.87. The lowest BCUT2D eigenvalue weighted by atomic mass is 9.89. The summed E-state index contributed by atoms with van der Waals surface area (Å²) < 4.78 is 0. The number of nitrogens with zero attached hydrogens (tertiary/aromatic N) is 4. The molecule has 0 aliphatic rings. The lowest BCUT2D eigenvalue weighted by Gasteiger charge is -2.14. The summed E-state index contributed by atoms with van der Waals surface area (Å²) in [4.78, 5) is 8.43. The quantitative estimate of drug-likeness (QED) is 0.310. The third kappa shape index (κ3) is 2.75. The molecule has 0 N–H and O–H groups in total. The van der Waals surface area contributed by atoms with E-state index >= 15 is 0 Å². The molecule has 4 nitrogen and oxygen atoms in total. The predicted molar refractivity (Wildman–Crippen MR) is 126 cm³/mol. The highest BCUT2D eigenvalue weighted by Gasteiger charge is 2.12. The molecular weight excluding hydrogens is 392 g/mol. The second-order valence-electron chi connectivity index (χ2n) is 7.87. The summed E-state index contributed by atoms with van der Waals surface area (Å²) in [5.41, 5.74) is 5.05. The first-order valence-electron chi connectivity index (χ1n) is 10.2. The summed E-state index contributed by atoms with van der Waals surface area (Å²) in [6.07, 6.45) is 6.74. The molecule has 2 aromatic heterocycles. The van der Waals surface area contributed by atoms with E-state index in [0.717, 1.165) is 43.8 Å². The van der Waals surface area contributed by atoms with E-state index < -0.39 is 0 Å². The van der Waals surface area contributed by atoms with Crippen molar-refractivity contribution in [2.75, 3.05) is 0 Å². The smallest absolute Gasteiger partial charge is 0.101 e. The Morgan fingerprint density at radius 3 is 1.19 bits per heavy atom. The molecule has 0 spiro atoms. The molecular formula is C28H14N4. The van der Waals surface area contributed by atoms with Gasteiger partial charge in [0, 0.05) is 35.9 Å². The van der Waals surface area contributed by atoms with Crippen LogP contribution in [0.5, 0.6) is 0 Å². The van der Waals surface area contributed by atoms with E-state index in [1.165, 1.54) is 10.8 Å². The molecule has 2 heterocycles. The fourth-order valence-electron chi connectivity index (χ4n) is 4.49. The summed E-state index contributed by atoms with van der Waals surface area (Å²) in [5.74, 6) is 0. The SMILES string of the molecule is N#Cc1cncc(-c2cc3ccc4cc(-c5cncc(C#N)c5)cc5ccc(c2)c3c45)c1. The molecule has 0 aliphatic heterocycles. The molecule has 6 aromatic rings. The van der Waals surface area contributed by atoms with Gasteiger partial charge >= 0.3 is 0 Å². The summed E-state index contributed by atoms with van der Waals surface area (Å²) in [7, 11) is 0. The van der Waals surface area contributed by atoms with Gasteiger partial charge in [0.2, 0.25) is 0 Å². The van der Waals surface area contributed by atoms with E-state index in [1.807, 2.05) is 12.1 Å². The van der Waals surface area contributed by atoms with Crippen LogP contribution in [-0.2, 0) is 0 Å². The first-order valence-corrected chi connectivity index (χ1v) is 10.2. The number of aromatic nitrogens is 2. The average Bonchev–Trinajstić information content (AvgIpc) is 2.86. The molecule has 0 unspecified atom stereocenters. The van der Waals surface area contributed by atoms with Gasteiger partial charge in [0.05, 0.1) is 11.1 Å². The highest BCUT2D eigenvalue weighted by Crippen LogP contribution is 2.39. The zero-order valence-electron chi connectivity index (χ0n) is 16.9. The van der Waals surface area contributed by atoms with Crippen molar-refractivity contribution in [3.63, 3.8) is 0 Å². The van der Waals surface area contributed by atoms with Gasteiger partial charge in [0.15, 0.2) is 0 Å². The third-order valence-corrected chi connectivity index (χ3v) is 5.93. The van der Waals surface area contributed by atoms with Crippen molar-refractivity contribution in [2.45, 2.75) is 0 Å². The Morgan fingerprint density at radius 1 is 0.469 bits per heavy atom.